The molecule has 0 spiro atoms. The van der Waals surface area contributed by atoms with Crippen molar-refractivity contribution >= 4 is 27.3 Å². The quantitative estimate of drug-likeness (QED) is 0.592. The molecule has 0 aromatic heterocycles. The molecule has 0 bridgehead atoms. The lowest BCUT2D eigenvalue weighted by atomic mass is 10.1. The van der Waals surface area contributed by atoms with Gasteiger partial charge in [-0.3, -0.25) is 9.10 Å². The highest BCUT2D eigenvalue weighted by Crippen LogP contribution is 2.29. The number of hydrogen-bond acceptors (Lipinski definition) is 5. The Morgan fingerprint density at radius 3 is 2.35 bits per heavy atom. The standard InChI is InChI=1S/C18H21N3O4S/c1-14(15-9-5-4-6-10-15)19-20-18(22)13-21(26(3,23)24)16-11-7-8-12-17(16)25-2/h4-12H,13H2,1-3H3,(H,20,22)/b19-14-. The first-order valence-corrected chi connectivity index (χ1v) is 9.67. The summed E-state index contributed by atoms with van der Waals surface area (Å²) in [5.41, 5.74) is 4.15. The smallest absolute Gasteiger partial charge is 0.260 e. The van der Waals surface area contributed by atoms with Crippen LogP contribution in [0, 0.1) is 0 Å². The topological polar surface area (TPSA) is 88.1 Å². The van der Waals surface area contributed by atoms with E-state index in [1.807, 2.05) is 30.3 Å². The molecule has 7 nitrogen and oxygen atoms in total. The Labute approximate surface area is 153 Å². The summed E-state index contributed by atoms with van der Waals surface area (Å²) in [6.45, 7) is 1.34. The lowest BCUT2D eigenvalue weighted by molar-refractivity contribution is -0.119. The molecule has 138 valence electrons. The van der Waals surface area contributed by atoms with E-state index < -0.39 is 22.5 Å². The first-order chi connectivity index (χ1) is 12.3. The van der Waals surface area contributed by atoms with Gasteiger partial charge in [0.05, 0.1) is 24.8 Å². The third-order valence-electron chi connectivity index (χ3n) is 3.58. The van der Waals surface area contributed by atoms with E-state index in [1.54, 1.807) is 31.2 Å². The normalized spacial score (nSPS) is 11.7. The van der Waals surface area contributed by atoms with Gasteiger partial charge in [-0.2, -0.15) is 5.10 Å². The van der Waals surface area contributed by atoms with Crippen molar-refractivity contribution in [1.82, 2.24) is 5.43 Å². The predicted octanol–water partition coefficient (Wildman–Crippen LogP) is 2.00. The Hall–Kier alpha value is -2.87. The highest BCUT2D eigenvalue weighted by molar-refractivity contribution is 7.92. The first-order valence-electron chi connectivity index (χ1n) is 7.82. The van der Waals surface area contributed by atoms with Gasteiger partial charge in [-0.25, -0.2) is 13.8 Å². The van der Waals surface area contributed by atoms with Crippen LogP contribution in [-0.2, 0) is 14.8 Å². The Balaban J connectivity index is 2.18. The van der Waals surface area contributed by atoms with Crippen LogP contribution in [0.2, 0.25) is 0 Å². The summed E-state index contributed by atoms with van der Waals surface area (Å²) in [5.74, 6) is -0.202. The largest absolute Gasteiger partial charge is 0.495 e. The molecule has 0 aliphatic rings. The third kappa shape index (κ3) is 5.06. The molecule has 0 unspecified atom stereocenters. The van der Waals surface area contributed by atoms with Crippen molar-refractivity contribution in [2.75, 3.05) is 24.2 Å². The number of para-hydroxylation sites is 2. The molecular weight excluding hydrogens is 354 g/mol. The average molecular weight is 375 g/mol. The average Bonchev–Trinajstić information content (AvgIpc) is 2.64. The van der Waals surface area contributed by atoms with Crippen LogP contribution in [0.3, 0.4) is 0 Å². The van der Waals surface area contributed by atoms with Crippen molar-refractivity contribution in [2.24, 2.45) is 5.10 Å². The summed E-state index contributed by atoms with van der Waals surface area (Å²) >= 11 is 0. The molecule has 0 atom stereocenters. The van der Waals surface area contributed by atoms with Crippen LogP contribution in [0.5, 0.6) is 5.75 Å². The number of hydrogen-bond donors (Lipinski definition) is 1. The van der Waals surface area contributed by atoms with Gasteiger partial charge in [-0.15, -0.1) is 0 Å². The van der Waals surface area contributed by atoms with Gasteiger partial charge in [0.2, 0.25) is 10.0 Å². The van der Waals surface area contributed by atoms with E-state index in [-0.39, 0.29) is 5.69 Å². The molecular formula is C18H21N3O4S. The monoisotopic (exact) mass is 375 g/mol. The zero-order chi connectivity index (χ0) is 19.2. The van der Waals surface area contributed by atoms with Gasteiger partial charge < -0.3 is 4.74 Å². The maximum atomic E-state index is 12.2. The Morgan fingerprint density at radius 1 is 1.12 bits per heavy atom. The SMILES string of the molecule is COc1ccccc1N(CC(=O)N/N=C(/C)c1ccccc1)S(C)(=O)=O. The maximum absolute atomic E-state index is 12.2. The van der Waals surface area contributed by atoms with Crippen LogP contribution in [0.1, 0.15) is 12.5 Å². The van der Waals surface area contributed by atoms with E-state index in [2.05, 4.69) is 10.5 Å². The van der Waals surface area contributed by atoms with Crippen LogP contribution in [0.15, 0.2) is 59.7 Å². The van der Waals surface area contributed by atoms with Crippen molar-refractivity contribution in [3.63, 3.8) is 0 Å². The van der Waals surface area contributed by atoms with Crippen molar-refractivity contribution in [3.8, 4) is 5.75 Å². The fourth-order valence-electron chi connectivity index (χ4n) is 2.27. The number of nitrogens with zero attached hydrogens (tertiary/aromatic N) is 2. The summed E-state index contributed by atoms with van der Waals surface area (Å²) in [7, 11) is -2.25. The number of amides is 1. The number of hydrazone groups is 1. The van der Waals surface area contributed by atoms with Crippen molar-refractivity contribution < 1.29 is 17.9 Å². The molecule has 2 aromatic carbocycles. The maximum Gasteiger partial charge on any atom is 0.260 e. The number of benzene rings is 2. The highest BCUT2D eigenvalue weighted by atomic mass is 32.2. The van der Waals surface area contributed by atoms with E-state index in [0.717, 1.165) is 16.1 Å². The van der Waals surface area contributed by atoms with Crippen molar-refractivity contribution in [3.05, 3.63) is 60.2 Å². The molecule has 0 saturated heterocycles. The zero-order valence-corrected chi connectivity index (χ0v) is 15.7. The molecule has 8 heteroatoms. The van der Waals surface area contributed by atoms with Crippen LogP contribution in [0.25, 0.3) is 0 Å². The second-order valence-corrected chi connectivity index (χ2v) is 7.45. The molecule has 0 heterocycles. The molecule has 2 rings (SSSR count). The number of nitrogens with one attached hydrogen (secondary N) is 1. The van der Waals surface area contributed by atoms with Gasteiger partial charge in [0.25, 0.3) is 5.91 Å². The summed E-state index contributed by atoms with van der Waals surface area (Å²) in [6, 6.07) is 15.9. The molecule has 0 aliphatic heterocycles. The van der Waals surface area contributed by atoms with E-state index in [9.17, 15) is 13.2 Å². The van der Waals surface area contributed by atoms with Gasteiger partial charge in [0.1, 0.15) is 12.3 Å². The Morgan fingerprint density at radius 2 is 1.73 bits per heavy atom. The minimum absolute atomic E-state index is 0.288. The highest BCUT2D eigenvalue weighted by Gasteiger charge is 2.23. The van der Waals surface area contributed by atoms with Gasteiger partial charge >= 0.3 is 0 Å². The summed E-state index contributed by atoms with van der Waals surface area (Å²) < 4.78 is 30.5. The zero-order valence-electron chi connectivity index (χ0n) is 14.8. The van der Waals surface area contributed by atoms with Crippen molar-refractivity contribution in [2.45, 2.75) is 6.92 Å². The minimum Gasteiger partial charge on any atom is -0.495 e. The molecule has 26 heavy (non-hydrogen) atoms. The number of anilines is 1. The third-order valence-corrected chi connectivity index (χ3v) is 4.71. The summed E-state index contributed by atoms with van der Waals surface area (Å²) in [6.07, 6.45) is 1.03. The molecule has 1 N–H and O–H groups in total. The Kier molecular flexibility index (Phi) is 6.35. The number of carbonyl (C=O) groups excluding carboxylic acids is 1. The van der Waals surface area contributed by atoms with Gasteiger partial charge in [0, 0.05) is 0 Å². The molecule has 1 amide bonds. The number of rotatable bonds is 7. The fraction of sp³-hybridized carbons (Fsp3) is 0.222. The molecule has 0 aliphatic carbocycles. The van der Waals surface area contributed by atoms with Crippen LogP contribution in [-0.4, -0.2) is 39.9 Å². The molecule has 0 radical (unpaired) electrons. The molecule has 0 saturated carbocycles. The number of methoxy groups -OCH3 is 1. The lowest BCUT2D eigenvalue weighted by Gasteiger charge is -2.23. The molecule has 0 fully saturated rings. The van der Waals surface area contributed by atoms with Crippen LogP contribution in [0.4, 0.5) is 5.69 Å². The first kappa shape index (κ1) is 19.5. The Bertz CT molecular complexity index is 896. The summed E-state index contributed by atoms with van der Waals surface area (Å²) in [4.78, 5) is 12.2. The van der Waals surface area contributed by atoms with E-state index in [1.165, 1.54) is 7.11 Å². The van der Waals surface area contributed by atoms with Gasteiger partial charge in [-0.05, 0) is 24.6 Å². The number of ether oxygens (including phenoxy) is 1. The van der Waals surface area contributed by atoms with E-state index >= 15 is 0 Å². The number of sulfonamides is 1. The van der Waals surface area contributed by atoms with E-state index in [0.29, 0.717) is 11.5 Å². The van der Waals surface area contributed by atoms with Crippen LogP contribution >= 0.6 is 0 Å². The van der Waals surface area contributed by atoms with Gasteiger partial charge in [0.15, 0.2) is 0 Å². The minimum atomic E-state index is -3.69. The second kappa shape index (κ2) is 8.48. The van der Waals surface area contributed by atoms with Crippen molar-refractivity contribution in [1.29, 1.82) is 0 Å². The van der Waals surface area contributed by atoms with Crippen LogP contribution < -0.4 is 14.5 Å². The predicted molar refractivity (Wildman–Crippen MR) is 102 cm³/mol. The summed E-state index contributed by atoms with van der Waals surface area (Å²) in [5, 5.41) is 4.03. The second-order valence-electron chi connectivity index (χ2n) is 5.54. The fourth-order valence-corrected chi connectivity index (χ4v) is 3.13. The number of carbonyl (C=O) groups is 1. The van der Waals surface area contributed by atoms with E-state index in [4.69, 9.17) is 4.74 Å². The lowest BCUT2D eigenvalue weighted by Crippen LogP contribution is -2.39. The molecule has 2 aromatic rings. The van der Waals surface area contributed by atoms with Gasteiger partial charge in [-0.1, -0.05) is 42.5 Å².